The molecule has 1 aromatic carbocycles. The van der Waals surface area contributed by atoms with Gasteiger partial charge in [-0.2, -0.15) is 12.6 Å². The van der Waals surface area contributed by atoms with Crippen LogP contribution < -0.4 is 9.80 Å². The topological polar surface area (TPSA) is 23.6 Å². The molecule has 20 heavy (non-hydrogen) atoms. The molecule has 108 valence electrons. The zero-order valence-electron chi connectivity index (χ0n) is 11.8. The maximum Gasteiger partial charge on any atom is 0.228 e. The van der Waals surface area contributed by atoms with Gasteiger partial charge in [-0.15, -0.1) is 0 Å². The molecule has 0 radical (unpaired) electrons. The average molecular weight is 290 g/mol. The van der Waals surface area contributed by atoms with Crippen LogP contribution in [-0.2, 0) is 4.79 Å². The number of amides is 1. The Hall–Kier alpha value is -1.16. The van der Waals surface area contributed by atoms with Crippen molar-refractivity contribution in [3.8, 4) is 0 Å². The van der Waals surface area contributed by atoms with Gasteiger partial charge in [0.05, 0.1) is 0 Å². The molecular formula is C16H22N2OS. The molecule has 4 heteroatoms. The molecule has 3 rings (SSSR count). The first-order valence-electron chi connectivity index (χ1n) is 7.57. The molecule has 0 aliphatic carbocycles. The Morgan fingerprint density at radius 2 is 1.55 bits per heavy atom. The summed E-state index contributed by atoms with van der Waals surface area (Å²) in [6.07, 6.45) is 5.82. The molecule has 1 amide bonds. The van der Waals surface area contributed by atoms with E-state index in [9.17, 15) is 4.79 Å². The van der Waals surface area contributed by atoms with Crippen molar-refractivity contribution in [3.05, 3.63) is 24.3 Å². The summed E-state index contributed by atoms with van der Waals surface area (Å²) < 4.78 is 0. The van der Waals surface area contributed by atoms with Crippen molar-refractivity contribution in [1.29, 1.82) is 0 Å². The van der Waals surface area contributed by atoms with Gasteiger partial charge in [0.25, 0.3) is 0 Å². The Bertz CT molecular complexity index is 466. The average Bonchev–Trinajstić information content (AvgIpc) is 2.68. The third-order valence-corrected chi connectivity index (χ3v) is 4.58. The van der Waals surface area contributed by atoms with Crippen molar-refractivity contribution in [1.82, 2.24) is 0 Å². The van der Waals surface area contributed by atoms with Crippen LogP contribution in [0.4, 0.5) is 11.4 Å². The van der Waals surface area contributed by atoms with Gasteiger partial charge in [-0.3, -0.25) is 4.79 Å². The minimum Gasteiger partial charge on any atom is -0.372 e. The van der Waals surface area contributed by atoms with Crippen LogP contribution in [0.1, 0.15) is 32.1 Å². The minimum absolute atomic E-state index is 0.174. The van der Waals surface area contributed by atoms with Crippen LogP contribution in [0.5, 0.6) is 0 Å². The van der Waals surface area contributed by atoms with Crippen LogP contribution in [0, 0.1) is 0 Å². The van der Waals surface area contributed by atoms with Crippen LogP contribution >= 0.6 is 12.6 Å². The van der Waals surface area contributed by atoms with Crippen molar-refractivity contribution < 1.29 is 4.79 Å². The third-order valence-electron chi connectivity index (χ3n) is 4.24. The smallest absolute Gasteiger partial charge is 0.228 e. The first kappa shape index (κ1) is 13.8. The molecule has 1 atom stereocenters. The van der Waals surface area contributed by atoms with Crippen molar-refractivity contribution >= 4 is 29.9 Å². The minimum atomic E-state index is 0.174. The molecule has 2 fully saturated rings. The predicted molar refractivity (Wildman–Crippen MR) is 86.9 cm³/mol. The van der Waals surface area contributed by atoms with Gasteiger partial charge in [-0.05, 0) is 37.1 Å². The molecule has 0 bridgehead atoms. The quantitative estimate of drug-likeness (QED) is 0.846. The van der Waals surface area contributed by atoms with E-state index in [4.69, 9.17) is 0 Å². The Labute approximate surface area is 126 Å². The number of hydrogen-bond acceptors (Lipinski definition) is 3. The summed E-state index contributed by atoms with van der Waals surface area (Å²) in [5, 5.41) is 0.174. The van der Waals surface area contributed by atoms with Crippen LogP contribution in [0.3, 0.4) is 0 Å². The van der Waals surface area contributed by atoms with Crippen LogP contribution in [0.25, 0.3) is 0 Å². The summed E-state index contributed by atoms with van der Waals surface area (Å²) in [5.41, 5.74) is 2.29. The van der Waals surface area contributed by atoms with Gasteiger partial charge in [-0.1, -0.05) is 12.8 Å². The molecule has 2 saturated heterocycles. The van der Waals surface area contributed by atoms with Gasteiger partial charge in [-0.25, -0.2) is 0 Å². The lowest BCUT2D eigenvalue weighted by atomic mass is 10.2. The van der Waals surface area contributed by atoms with Crippen LogP contribution in [0.2, 0.25) is 0 Å². The summed E-state index contributed by atoms with van der Waals surface area (Å²) in [4.78, 5) is 16.2. The van der Waals surface area contributed by atoms with Gasteiger partial charge >= 0.3 is 0 Å². The lowest BCUT2D eigenvalue weighted by Crippen LogP contribution is -2.25. The Balaban J connectivity index is 1.72. The van der Waals surface area contributed by atoms with E-state index < -0.39 is 0 Å². The van der Waals surface area contributed by atoms with E-state index in [-0.39, 0.29) is 11.2 Å². The number of carbonyl (C=O) groups excluding carboxylic acids is 1. The molecule has 2 aliphatic heterocycles. The number of rotatable bonds is 2. The number of benzene rings is 1. The lowest BCUT2D eigenvalue weighted by Gasteiger charge is -2.24. The summed E-state index contributed by atoms with van der Waals surface area (Å²) in [6, 6.07) is 8.45. The zero-order chi connectivity index (χ0) is 13.9. The van der Waals surface area contributed by atoms with Gasteiger partial charge in [0.1, 0.15) is 0 Å². The van der Waals surface area contributed by atoms with E-state index in [0.717, 1.165) is 25.3 Å². The lowest BCUT2D eigenvalue weighted by molar-refractivity contribution is -0.117. The van der Waals surface area contributed by atoms with E-state index in [2.05, 4.69) is 41.8 Å². The highest BCUT2D eigenvalue weighted by Crippen LogP contribution is 2.27. The van der Waals surface area contributed by atoms with Gasteiger partial charge < -0.3 is 9.80 Å². The molecule has 0 saturated carbocycles. The van der Waals surface area contributed by atoms with Crippen molar-refractivity contribution in [2.75, 3.05) is 29.4 Å². The molecular weight excluding hydrogens is 268 g/mol. The summed E-state index contributed by atoms with van der Waals surface area (Å²) >= 11 is 4.41. The van der Waals surface area contributed by atoms with Gasteiger partial charge in [0.15, 0.2) is 0 Å². The predicted octanol–water partition coefficient (Wildman–Crippen LogP) is 3.10. The number of thiol groups is 1. The third kappa shape index (κ3) is 2.95. The van der Waals surface area contributed by atoms with E-state index in [0.29, 0.717) is 6.42 Å². The maximum atomic E-state index is 11.9. The Morgan fingerprint density at radius 1 is 0.950 bits per heavy atom. The summed E-state index contributed by atoms with van der Waals surface area (Å²) in [7, 11) is 0. The monoisotopic (exact) mass is 290 g/mol. The number of carbonyl (C=O) groups is 1. The highest BCUT2D eigenvalue weighted by molar-refractivity contribution is 7.81. The fourth-order valence-electron chi connectivity index (χ4n) is 3.11. The second-order valence-corrected chi connectivity index (χ2v) is 6.51. The second-order valence-electron chi connectivity index (χ2n) is 5.78. The first-order chi connectivity index (χ1) is 9.74. The standard InChI is InChI=1S/C16H22N2OS/c19-16-11-15(20)12-18(16)14-7-5-13(6-8-14)17-9-3-1-2-4-10-17/h5-8,15,20H,1-4,9-12H2. The van der Waals surface area contributed by atoms with Gasteiger partial charge in [0.2, 0.25) is 5.91 Å². The second kappa shape index (κ2) is 6.08. The van der Waals surface area contributed by atoms with E-state index in [1.165, 1.54) is 31.4 Å². The SMILES string of the molecule is O=C1CC(S)CN1c1ccc(N2CCCCCC2)cc1. The fraction of sp³-hybridized carbons (Fsp3) is 0.562. The van der Waals surface area contributed by atoms with Crippen LogP contribution in [-0.4, -0.2) is 30.8 Å². The van der Waals surface area contributed by atoms with Crippen molar-refractivity contribution in [3.63, 3.8) is 0 Å². The molecule has 3 nitrogen and oxygen atoms in total. The van der Waals surface area contributed by atoms with Crippen molar-refractivity contribution in [2.24, 2.45) is 0 Å². The zero-order valence-corrected chi connectivity index (χ0v) is 12.7. The normalized spacial score (nSPS) is 24.1. The first-order valence-corrected chi connectivity index (χ1v) is 8.09. The fourth-order valence-corrected chi connectivity index (χ4v) is 3.43. The number of anilines is 2. The van der Waals surface area contributed by atoms with E-state index in [1.54, 1.807) is 0 Å². The Morgan fingerprint density at radius 3 is 2.10 bits per heavy atom. The van der Waals surface area contributed by atoms with Crippen molar-refractivity contribution in [2.45, 2.75) is 37.4 Å². The summed E-state index contributed by atoms with van der Waals surface area (Å²) in [5.74, 6) is 0.188. The van der Waals surface area contributed by atoms with Gasteiger partial charge in [0, 0.05) is 42.7 Å². The molecule has 1 aromatic rings. The maximum absolute atomic E-state index is 11.9. The molecule has 0 spiro atoms. The largest absolute Gasteiger partial charge is 0.372 e. The van der Waals surface area contributed by atoms with E-state index >= 15 is 0 Å². The molecule has 2 aliphatic rings. The number of nitrogens with zero attached hydrogens (tertiary/aromatic N) is 2. The molecule has 1 unspecified atom stereocenters. The Kier molecular flexibility index (Phi) is 4.20. The molecule has 0 aromatic heterocycles. The number of hydrogen-bond donors (Lipinski definition) is 1. The summed E-state index contributed by atoms with van der Waals surface area (Å²) in [6.45, 7) is 3.03. The molecule has 2 heterocycles. The van der Waals surface area contributed by atoms with Crippen LogP contribution in [0.15, 0.2) is 24.3 Å². The highest BCUT2D eigenvalue weighted by Gasteiger charge is 2.28. The highest BCUT2D eigenvalue weighted by atomic mass is 32.1. The van der Waals surface area contributed by atoms with E-state index in [1.807, 2.05) is 4.90 Å². The molecule has 0 N–H and O–H groups in total.